The van der Waals surface area contributed by atoms with E-state index in [1.165, 1.54) is 23.5 Å². The molecule has 0 unspecified atom stereocenters. The Balaban J connectivity index is 1.66. The second-order valence-corrected chi connectivity index (χ2v) is 7.12. The zero-order valence-electron chi connectivity index (χ0n) is 12.7. The average molecular weight is 416 g/mol. The fourth-order valence-electron chi connectivity index (χ4n) is 2.47. The zero-order valence-corrected chi connectivity index (χ0v) is 15.1. The molecule has 4 rings (SSSR count). The Morgan fingerprint density at radius 2 is 2.00 bits per heavy atom. The number of hydrogen-bond donors (Lipinski definition) is 1. The Morgan fingerprint density at radius 1 is 1.20 bits per heavy atom. The van der Waals surface area contributed by atoms with Gasteiger partial charge in [0, 0.05) is 27.3 Å². The summed E-state index contributed by atoms with van der Waals surface area (Å²) in [5.41, 5.74) is 2.71. The molecule has 25 heavy (non-hydrogen) atoms. The van der Waals surface area contributed by atoms with Gasteiger partial charge in [0.15, 0.2) is 4.96 Å². The number of nitrogens with zero attached hydrogens (tertiary/aromatic N) is 2. The van der Waals surface area contributed by atoms with E-state index in [0.717, 1.165) is 10.0 Å². The first-order chi connectivity index (χ1) is 12.1. The molecule has 0 saturated heterocycles. The Labute approximate surface area is 155 Å². The van der Waals surface area contributed by atoms with Gasteiger partial charge in [0.25, 0.3) is 5.91 Å². The van der Waals surface area contributed by atoms with E-state index < -0.39 is 0 Å². The summed E-state index contributed by atoms with van der Waals surface area (Å²) >= 11 is 4.77. The first-order valence-corrected chi connectivity index (χ1v) is 9.07. The fourth-order valence-corrected chi connectivity index (χ4v) is 3.72. The lowest BCUT2D eigenvalue weighted by Gasteiger charge is -2.04. The average Bonchev–Trinajstić information content (AvgIpc) is 3.16. The normalized spacial score (nSPS) is 11.0. The van der Waals surface area contributed by atoms with Gasteiger partial charge in [0.1, 0.15) is 11.5 Å². The maximum absolute atomic E-state index is 13.1. The summed E-state index contributed by atoms with van der Waals surface area (Å²) in [7, 11) is 0. The largest absolute Gasteiger partial charge is 0.321 e. The quantitative estimate of drug-likeness (QED) is 0.498. The molecule has 1 amide bonds. The molecular formula is C18H11BrFN3OS. The van der Waals surface area contributed by atoms with Crippen LogP contribution in [0.5, 0.6) is 0 Å². The third-order valence-corrected chi connectivity index (χ3v) is 5.00. The van der Waals surface area contributed by atoms with Gasteiger partial charge >= 0.3 is 0 Å². The lowest BCUT2D eigenvalue weighted by Crippen LogP contribution is -2.13. The van der Waals surface area contributed by atoms with Crippen LogP contribution in [0.2, 0.25) is 0 Å². The fraction of sp³-hybridized carbons (Fsp3) is 0. The van der Waals surface area contributed by atoms with Crippen LogP contribution < -0.4 is 5.32 Å². The molecule has 4 nitrogen and oxygen atoms in total. The van der Waals surface area contributed by atoms with Gasteiger partial charge in [-0.1, -0.05) is 22.0 Å². The van der Waals surface area contributed by atoms with Crippen molar-refractivity contribution in [3.63, 3.8) is 0 Å². The number of hydrogen-bond acceptors (Lipinski definition) is 3. The number of fused-ring (bicyclic) bond motifs is 1. The zero-order chi connectivity index (χ0) is 17.4. The van der Waals surface area contributed by atoms with Crippen molar-refractivity contribution in [3.8, 4) is 11.3 Å². The molecule has 2 aromatic heterocycles. The first kappa shape index (κ1) is 16.0. The highest BCUT2D eigenvalue weighted by Crippen LogP contribution is 2.25. The van der Waals surface area contributed by atoms with Crippen molar-refractivity contribution in [2.75, 3.05) is 5.32 Å². The Bertz CT molecular complexity index is 1070. The van der Waals surface area contributed by atoms with Gasteiger partial charge in [-0.25, -0.2) is 9.37 Å². The molecule has 2 heterocycles. The number of rotatable bonds is 3. The van der Waals surface area contributed by atoms with Gasteiger partial charge in [-0.15, -0.1) is 11.3 Å². The van der Waals surface area contributed by atoms with Crippen LogP contribution in [-0.4, -0.2) is 15.3 Å². The van der Waals surface area contributed by atoms with Crippen molar-refractivity contribution >= 4 is 43.8 Å². The van der Waals surface area contributed by atoms with Crippen molar-refractivity contribution in [1.82, 2.24) is 9.38 Å². The van der Waals surface area contributed by atoms with E-state index in [0.29, 0.717) is 22.0 Å². The van der Waals surface area contributed by atoms with Crippen molar-refractivity contribution in [3.05, 3.63) is 76.1 Å². The molecule has 0 radical (unpaired) electrons. The molecule has 4 aromatic rings. The molecule has 0 aliphatic heterocycles. The summed E-state index contributed by atoms with van der Waals surface area (Å²) in [5, 5.41) is 4.64. The van der Waals surface area contributed by atoms with Gasteiger partial charge < -0.3 is 5.32 Å². The van der Waals surface area contributed by atoms with Crippen LogP contribution in [0.3, 0.4) is 0 Å². The number of thiazole rings is 1. The number of anilines is 1. The van der Waals surface area contributed by atoms with Gasteiger partial charge in [0.05, 0.1) is 5.69 Å². The van der Waals surface area contributed by atoms with E-state index in [-0.39, 0.29) is 11.7 Å². The molecule has 0 bridgehead atoms. The third-order valence-electron chi connectivity index (χ3n) is 3.66. The number of aromatic nitrogens is 2. The van der Waals surface area contributed by atoms with E-state index >= 15 is 0 Å². The predicted octanol–water partition coefficient (Wildman–Crippen LogP) is 5.22. The van der Waals surface area contributed by atoms with Crippen LogP contribution >= 0.6 is 27.3 Å². The van der Waals surface area contributed by atoms with E-state index in [9.17, 15) is 9.18 Å². The minimum atomic E-state index is -0.293. The number of carbonyl (C=O) groups excluding carboxylic acids is 1. The van der Waals surface area contributed by atoms with E-state index in [1.807, 2.05) is 24.3 Å². The SMILES string of the molecule is O=C(Nc1cccc(Br)c1)c1csc2nc(-c3ccc(F)cc3)cn12. The van der Waals surface area contributed by atoms with Crippen LogP contribution in [0.1, 0.15) is 10.5 Å². The molecule has 7 heteroatoms. The van der Waals surface area contributed by atoms with Crippen LogP contribution in [-0.2, 0) is 0 Å². The van der Waals surface area contributed by atoms with Crippen molar-refractivity contribution in [2.24, 2.45) is 0 Å². The molecule has 124 valence electrons. The molecule has 0 aliphatic rings. The standard InChI is InChI=1S/C18H11BrFN3OS/c19-12-2-1-3-14(8-12)21-17(24)16-10-25-18-22-15(9-23(16)18)11-4-6-13(20)7-5-11/h1-10H,(H,21,24). The van der Waals surface area contributed by atoms with E-state index in [1.54, 1.807) is 28.1 Å². The molecule has 1 N–H and O–H groups in total. The molecule has 0 fully saturated rings. The van der Waals surface area contributed by atoms with E-state index in [2.05, 4.69) is 26.2 Å². The highest BCUT2D eigenvalue weighted by Gasteiger charge is 2.15. The van der Waals surface area contributed by atoms with E-state index in [4.69, 9.17) is 0 Å². The van der Waals surface area contributed by atoms with Crippen molar-refractivity contribution in [2.45, 2.75) is 0 Å². The number of halogens is 2. The maximum atomic E-state index is 13.1. The molecule has 2 aromatic carbocycles. The van der Waals surface area contributed by atoms with Crippen molar-refractivity contribution in [1.29, 1.82) is 0 Å². The second kappa shape index (κ2) is 6.42. The minimum absolute atomic E-state index is 0.215. The summed E-state index contributed by atoms with van der Waals surface area (Å²) in [5.74, 6) is -0.508. The lowest BCUT2D eigenvalue weighted by molar-refractivity contribution is 0.102. The van der Waals surface area contributed by atoms with Gasteiger partial charge in [-0.3, -0.25) is 9.20 Å². The number of benzene rings is 2. The smallest absolute Gasteiger partial charge is 0.273 e. The predicted molar refractivity (Wildman–Crippen MR) is 101 cm³/mol. The van der Waals surface area contributed by atoms with Gasteiger partial charge in [0.2, 0.25) is 0 Å². The first-order valence-electron chi connectivity index (χ1n) is 7.39. The number of imidazole rings is 1. The number of nitrogens with one attached hydrogen (secondary N) is 1. The van der Waals surface area contributed by atoms with Crippen LogP contribution in [0.15, 0.2) is 64.6 Å². The Kier molecular flexibility index (Phi) is 4.10. The summed E-state index contributed by atoms with van der Waals surface area (Å²) in [4.78, 5) is 17.8. The molecule has 0 saturated carbocycles. The Hall–Kier alpha value is -2.51. The maximum Gasteiger partial charge on any atom is 0.273 e. The number of amides is 1. The Morgan fingerprint density at radius 3 is 2.76 bits per heavy atom. The molecule has 0 atom stereocenters. The minimum Gasteiger partial charge on any atom is -0.321 e. The highest BCUT2D eigenvalue weighted by molar-refractivity contribution is 9.10. The third kappa shape index (κ3) is 3.20. The highest BCUT2D eigenvalue weighted by atomic mass is 79.9. The summed E-state index contributed by atoms with van der Waals surface area (Å²) in [6.07, 6.45) is 1.79. The van der Waals surface area contributed by atoms with Crippen LogP contribution in [0, 0.1) is 5.82 Å². The summed E-state index contributed by atoms with van der Waals surface area (Å²) in [6, 6.07) is 13.5. The monoisotopic (exact) mass is 415 g/mol. The van der Waals surface area contributed by atoms with Crippen molar-refractivity contribution < 1.29 is 9.18 Å². The molecular weight excluding hydrogens is 405 g/mol. The topological polar surface area (TPSA) is 46.4 Å². The van der Waals surface area contributed by atoms with Crippen LogP contribution in [0.25, 0.3) is 16.2 Å². The van der Waals surface area contributed by atoms with Gasteiger partial charge in [-0.05, 0) is 42.5 Å². The number of carbonyl (C=O) groups is 1. The van der Waals surface area contributed by atoms with Gasteiger partial charge in [-0.2, -0.15) is 0 Å². The second-order valence-electron chi connectivity index (χ2n) is 5.37. The molecule has 0 aliphatic carbocycles. The lowest BCUT2D eigenvalue weighted by atomic mass is 10.2. The summed E-state index contributed by atoms with van der Waals surface area (Å²) < 4.78 is 15.7. The molecule has 0 spiro atoms. The summed E-state index contributed by atoms with van der Waals surface area (Å²) in [6.45, 7) is 0. The van der Waals surface area contributed by atoms with Crippen LogP contribution in [0.4, 0.5) is 10.1 Å².